The molecule has 0 radical (unpaired) electrons. The number of pyridine rings is 1. The molecule has 34 heavy (non-hydrogen) atoms. The van der Waals surface area contributed by atoms with Crippen LogP contribution in [-0.4, -0.2) is 4.57 Å². The van der Waals surface area contributed by atoms with E-state index >= 15 is 0 Å². The second-order valence-corrected chi connectivity index (χ2v) is 10.6. The molecule has 2 heterocycles. The van der Waals surface area contributed by atoms with E-state index in [2.05, 4.69) is 98.5 Å². The van der Waals surface area contributed by atoms with Gasteiger partial charge in [-0.25, -0.2) is 0 Å². The van der Waals surface area contributed by atoms with Crippen LogP contribution >= 0.6 is 0 Å². The lowest BCUT2D eigenvalue weighted by Gasteiger charge is -2.15. The molecule has 6 rings (SSSR count). The summed E-state index contributed by atoms with van der Waals surface area (Å²) in [7, 11) is 2.12. The minimum atomic E-state index is 0.366. The fourth-order valence-corrected chi connectivity index (χ4v) is 6.30. The Morgan fingerprint density at radius 2 is 1.68 bits per heavy atom. The van der Waals surface area contributed by atoms with Gasteiger partial charge in [0, 0.05) is 35.3 Å². The van der Waals surface area contributed by atoms with Gasteiger partial charge in [0.25, 0.3) is 0 Å². The summed E-state index contributed by atoms with van der Waals surface area (Å²) in [4.78, 5) is 0. The van der Waals surface area contributed by atoms with Gasteiger partial charge < -0.3 is 4.57 Å². The summed E-state index contributed by atoms with van der Waals surface area (Å²) in [5.41, 5.74) is 8.75. The molecule has 0 spiro atoms. The van der Waals surface area contributed by atoms with Crippen molar-refractivity contribution in [1.82, 2.24) is 4.57 Å². The molecular weight excluding hydrogens is 412 g/mol. The van der Waals surface area contributed by atoms with Crippen LogP contribution in [0.5, 0.6) is 0 Å². The normalized spacial score (nSPS) is 15.3. The van der Waals surface area contributed by atoms with Crippen molar-refractivity contribution in [3.8, 4) is 11.3 Å². The predicted octanol–water partition coefficient (Wildman–Crippen LogP) is 8.29. The Balaban J connectivity index is 1.67. The van der Waals surface area contributed by atoms with Crippen molar-refractivity contribution in [2.75, 3.05) is 0 Å². The highest BCUT2D eigenvalue weighted by molar-refractivity contribution is 6.10. The van der Waals surface area contributed by atoms with E-state index in [1.807, 2.05) is 0 Å². The Morgan fingerprint density at radius 3 is 2.44 bits per heavy atom. The number of benzene rings is 3. The van der Waals surface area contributed by atoms with Gasteiger partial charge in [-0.05, 0) is 80.3 Å². The van der Waals surface area contributed by atoms with Crippen molar-refractivity contribution < 1.29 is 5.94 Å². The van der Waals surface area contributed by atoms with Gasteiger partial charge in [-0.1, -0.05) is 43.2 Å². The maximum Gasteiger partial charge on any atom is 0.220 e. The molecule has 0 amide bonds. The lowest BCUT2D eigenvalue weighted by atomic mass is 9.92. The smallest absolute Gasteiger partial charge is 0.220 e. The van der Waals surface area contributed by atoms with Gasteiger partial charge in [-0.15, -0.1) is 0 Å². The lowest BCUT2D eigenvalue weighted by Crippen LogP contribution is -2.35. The molecule has 0 aliphatic heterocycles. The minimum Gasteiger partial charge on any atom is -0.338 e. The van der Waals surface area contributed by atoms with Crippen LogP contribution in [0.25, 0.3) is 43.8 Å². The highest BCUT2D eigenvalue weighted by Crippen LogP contribution is 2.39. The van der Waals surface area contributed by atoms with Crippen molar-refractivity contribution in [2.24, 2.45) is 7.05 Å². The standard InChI is InChI=1S/C32H35N2/c1-20(2)34-30-13-9-8-12-27(30)29-16-21(3)28(19-31(29)34)32-26-15-14-24(23-10-6-7-11-23)18-25(26)17-22(4)33(32)5/h8-9,12-20,23H,6-7,10-11H2,1-5H3/q+1/i17D. The summed E-state index contributed by atoms with van der Waals surface area (Å²) >= 11 is 0. The monoisotopic (exact) mass is 448 g/mol. The molecule has 1 saturated carbocycles. The minimum absolute atomic E-state index is 0.366. The van der Waals surface area contributed by atoms with E-state index in [0.717, 1.165) is 11.1 Å². The second kappa shape index (κ2) is 7.98. The largest absolute Gasteiger partial charge is 0.338 e. The molecular formula is C32H35N2+. The first-order chi connectivity index (χ1) is 16.9. The van der Waals surface area contributed by atoms with Gasteiger partial charge in [-0.2, -0.15) is 4.57 Å². The highest BCUT2D eigenvalue weighted by Gasteiger charge is 2.24. The third kappa shape index (κ3) is 3.19. The molecule has 0 saturated heterocycles. The summed E-state index contributed by atoms with van der Waals surface area (Å²) in [5.74, 6) is 0.649. The number of fused-ring (bicyclic) bond motifs is 4. The number of rotatable bonds is 3. The molecule has 0 unspecified atom stereocenters. The molecule has 2 aromatic heterocycles. The van der Waals surface area contributed by atoms with Crippen LogP contribution in [0.2, 0.25) is 0 Å². The number of hydrogen-bond acceptors (Lipinski definition) is 0. The molecule has 172 valence electrons. The first-order valence-corrected chi connectivity index (χ1v) is 12.8. The molecule has 1 aliphatic rings. The van der Waals surface area contributed by atoms with Crippen molar-refractivity contribution in [1.29, 1.82) is 0 Å². The molecule has 0 atom stereocenters. The summed E-state index contributed by atoms with van der Waals surface area (Å²) in [6.07, 6.45) is 5.21. The van der Waals surface area contributed by atoms with Gasteiger partial charge in [0.1, 0.15) is 7.05 Å². The van der Waals surface area contributed by atoms with Gasteiger partial charge in [0.2, 0.25) is 5.69 Å². The third-order valence-electron chi connectivity index (χ3n) is 8.11. The zero-order chi connectivity index (χ0) is 24.4. The van der Waals surface area contributed by atoms with Crippen LogP contribution in [0.3, 0.4) is 0 Å². The fraction of sp³-hybridized carbons (Fsp3) is 0.344. The summed E-state index contributed by atoms with van der Waals surface area (Å²) in [5, 5.41) is 4.90. The highest BCUT2D eigenvalue weighted by atomic mass is 15.0. The van der Waals surface area contributed by atoms with Crippen molar-refractivity contribution in [3.63, 3.8) is 0 Å². The maximum absolute atomic E-state index is 8.98. The SMILES string of the molecule is [2H]c1c(C)[n+](C)c(-c2cc3c(cc2C)c2ccccc2n3C(C)C)c2ccc(C3CCCC3)cc12. The zero-order valence-corrected chi connectivity index (χ0v) is 21.1. The van der Waals surface area contributed by atoms with E-state index in [1.165, 1.54) is 75.3 Å². The predicted molar refractivity (Wildman–Crippen MR) is 145 cm³/mol. The van der Waals surface area contributed by atoms with Crippen molar-refractivity contribution in [3.05, 3.63) is 77.5 Å². The molecule has 1 aliphatic carbocycles. The van der Waals surface area contributed by atoms with Gasteiger partial charge in [0.15, 0.2) is 5.69 Å². The molecule has 3 aromatic carbocycles. The maximum atomic E-state index is 8.98. The molecule has 0 N–H and O–H groups in total. The van der Waals surface area contributed by atoms with Crippen LogP contribution in [0.4, 0.5) is 0 Å². The van der Waals surface area contributed by atoms with Gasteiger partial charge in [-0.3, -0.25) is 0 Å². The fourth-order valence-electron chi connectivity index (χ4n) is 6.30. The lowest BCUT2D eigenvalue weighted by molar-refractivity contribution is -0.665. The number of aryl methyl sites for hydroxylation is 1. The average molecular weight is 449 g/mol. The Bertz CT molecular complexity index is 1620. The molecule has 1 fully saturated rings. The van der Waals surface area contributed by atoms with E-state index in [1.54, 1.807) is 0 Å². The second-order valence-electron chi connectivity index (χ2n) is 10.6. The third-order valence-corrected chi connectivity index (χ3v) is 8.11. The number of nitrogens with zero attached hydrogens (tertiary/aromatic N) is 2. The first-order valence-electron chi connectivity index (χ1n) is 13.3. The van der Waals surface area contributed by atoms with Crippen LogP contribution in [0.15, 0.2) is 60.6 Å². The van der Waals surface area contributed by atoms with E-state index in [9.17, 15) is 0 Å². The topological polar surface area (TPSA) is 8.81 Å². The Morgan fingerprint density at radius 1 is 0.912 bits per heavy atom. The average Bonchev–Trinajstić information content (AvgIpc) is 3.49. The molecule has 5 aromatic rings. The summed E-state index contributed by atoms with van der Waals surface area (Å²) in [6, 6.07) is 21.5. The van der Waals surface area contributed by atoms with Crippen molar-refractivity contribution >= 4 is 32.6 Å². The molecule has 2 heteroatoms. The Hall–Kier alpha value is -3.13. The van der Waals surface area contributed by atoms with Gasteiger partial charge >= 0.3 is 0 Å². The summed E-state index contributed by atoms with van der Waals surface area (Å²) < 4.78 is 13.7. The Kier molecular flexibility index (Phi) is 4.75. The van der Waals surface area contributed by atoms with Crippen molar-refractivity contribution in [2.45, 2.75) is 65.3 Å². The number of aromatic nitrogens is 2. The van der Waals surface area contributed by atoms with Crippen LogP contribution in [0.1, 0.15) is 69.7 Å². The van der Waals surface area contributed by atoms with E-state index in [4.69, 9.17) is 1.37 Å². The molecule has 2 nitrogen and oxygen atoms in total. The first kappa shape index (κ1) is 20.3. The zero-order valence-electron chi connectivity index (χ0n) is 22.1. The van der Waals surface area contributed by atoms with Gasteiger partial charge in [0.05, 0.1) is 17.8 Å². The van der Waals surface area contributed by atoms with Crippen LogP contribution < -0.4 is 4.57 Å². The molecule has 0 bridgehead atoms. The Labute approximate surface area is 204 Å². The van der Waals surface area contributed by atoms with Crippen LogP contribution in [-0.2, 0) is 7.05 Å². The van der Waals surface area contributed by atoms with E-state index in [-0.39, 0.29) is 0 Å². The summed E-state index contributed by atoms with van der Waals surface area (Å²) in [6.45, 7) is 8.86. The van der Waals surface area contributed by atoms with E-state index in [0.29, 0.717) is 18.0 Å². The number of para-hydroxylation sites is 1. The number of hydrogen-bond donors (Lipinski definition) is 0. The quantitative estimate of drug-likeness (QED) is 0.245. The van der Waals surface area contributed by atoms with E-state index < -0.39 is 0 Å². The van der Waals surface area contributed by atoms with Crippen LogP contribution in [0, 0.1) is 13.8 Å².